The van der Waals surface area contributed by atoms with Crippen molar-refractivity contribution in [3.05, 3.63) is 22.8 Å². The SMILES string of the molecule is Cc1c(O)c(OC2OC(CO)C(O)C(O)C2O)cc2c1CC[C@H]1[C@]3(C)CC(O)C(C(C)(O)C4CCC(C)(C)O4)[C@@]3(C)CC(=O)[C@]21C. The second kappa shape index (κ2) is 10.8. The molecule has 3 aliphatic carbocycles. The number of phenols is 1. The predicted molar refractivity (Wildman–Crippen MR) is 165 cm³/mol. The third-order valence-electron chi connectivity index (χ3n) is 13.3. The standard InChI is InChI=1S/C35H52O11/c1-16-17-8-9-22-32(4)13-19(37)29(35(7,43)24-10-11-31(2,3)46-24)33(32,5)14-23(38)34(22,6)18(17)12-20(25(16)39)44-30-28(42)27(41)26(40)21(15-36)45-30/h12,19,21-22,24,26-30,36-37,39-43H,8-11,13-15H2,1-7H3/t19?,21?,22-,24?,26?,27?,28?,29?,30?,32-,33+,34+,35?/m0/s1. The molecule has 1 aromatic carbocycles. The molecule has 0 aromatic heterocycles. The molecule has 258 valence electrons. The molecule has 11 nitrogen and oxygen atoms in total. The number of aliphatic hydroxyl groups is 6. The highest BCUT2D eigenvalue weighted by Gasteiger charge is 2.73. The lowest BCUT2D eigenvalue weighted by Crippen LogP contribution is -2.64. The number of aliphatic hydroxyl groups excluding tert-OH is 5. The van der Waals surface area contributed by atoms with E-state index >= 15 is 0 Å². The number of aromatic hydroxyl groups is 1. The van der Waals surface area contributed by atoms with Gasteiger partial charge in [-0.3, -0.25) is 4.79 Å². The second-order valence-corrected chi connectivity index (χ2v) is 16.3. The van der Waals surface area contributed by atoms with E-state index in [0.717, 1.165) is 12.0 Å². The van der Waals surface area contributed by atoms with Crippen LogP contribution in [0.25, 0.3) is 0 Å². The highest BCUT2D eigenvalue weighted by atomic mass is 16.7. The zero-order valence-electron chi connectivity index (χ0n) is 28.0. The van der Waals surface area contributed by atoms with E-state index in [0.29, 0.717) is 36.8 Å². The molecule has 1 aromatic rings. The van der Waals surface area contributed by atoms with E-state index in [9.17, 15) is 40.5 Å². The number of fused-ring (bicyclic) bond motifs is 5. The minimum atomic E-state index is -1.67. The molecule has 6 rings (SSSR count). The molecule has 11 heteroatoms. The molecule has 7 N–H and O–H groups in total. The maximum Gasteiger partial charge on any atom is 0.229 e. The molecule has 13 atom stereocenters. The Labute approximate surface area is 270 Å². The van der Waals surface area contributed by atoms with Crippen molar-refractivity contribution in [1.82, 2.24) is 0 Å². The summed E-state index contributed by atoms with van der Waals surface area (Å²) in [5.41, 5.74) is -1.98. The fraction of sp³-hybridized carbons (Fsp3) is 0.800. The van der Waals surface area contributed by atoms with Crippen LogP contribution in [-0.2, 0) is 26.1 Å². The van der Waals surface area contributed by atoms with Gasteiger partial charge in [-0.15, -0.1) is 0 Å². The summed E-state index contributed by atoms with van der Waals surface area (Å²) < 4.78 is 17.8. The van der Waals surface area contributed by atoms with Crippen LogP contribution in [0.4, 0.5) is 0 Å². The van der Waals surface area contributed by atoms with Gasteiger partial charge >= 0.3 is 0 Å². The molecular weight excluding hydrogens is 596 g/mol. The van der Waals surface area contributed by atoms with E-state index in [1.165, 1.54) is 0 Å². The van der Waals surface area contributed by atoms with Crippen LogP contribution in [0.15, 0.2) is 6.07 Å². The van der Waals surface area contributed by atoms with Gasteiger partial charge in [-0.1, -0.05) is 13.8 Å². The van der Waals surface area contributed by atoms with Crippen LogP contribution in [-0.4, -0.2) is 102 Å². The number of ketones is 1. The van der Waals surface area contributed by atoms with Crippen LogP contribution in [0.1, 0.15) is 90.3 Å². The van der Waals surface area contributed by atoms with Crippen molar-refractivity contribution in [3.63, 3.8) is 0 Å². The van der Waals surface area contributed by atoms with E-state index in [-0.39, 0.29) is 35.2 Å². The fourth-order valence-electron chi connectivity index (χ4n) is 10.6. The lowest BCUT2D eigenvalue weighted by molar-refractivity contribution is -0.277. The van der Waals surface area contributed by atoms with Gasteiger partial charge < -0.3 is 50.0 Å². The zero-order chi connectivity index (χ0) is 33.9. The van der Waals surface area contributed by atoms with Crippen LogP contribution < -0.4 is 4.74 Å². The quantitative estimate of drug-likeness (QED) is 0.247. The normalized spacial score (nSPS) is 46.3. The first-order chi connectivity index (χ1) is 21.2. The Bertz CT molecular complexity index is 1390. The Morgan fingerprint density at radius 2 is 1.70 bits per heavy atom. The first kappa shape index (κ1) is 34.0. The summed E-state index contributed by atoms with van der Waals surface area (Å²) in [6.07, 6.45) is -5.69. The summed E-state index contributed by atoms with van der Waals surface area (Å²) in [6.45, 7) is 13.0. The topological polar surface area (TPSA) is 186 Å². The van der Waals surface area contributed by atoms with Gasteiger partial charge in [0.2, 0.25) is 6.29 Å². The highest BCUT2D eigenvalue weighted by Crippen LogP contribution is 2.72. The van der Waals surface area contributed by atoms with Gasteiger partial charge in [0.15, 0.2) is 11.5 Å². The lowest BCUT2D eigenvalue weighted by atomic mass is 9.41. The van der Waals surface area contributed by atoms with E-state index in [1.54, 1.807) is 19.9 Å². The summed E-state index contributed by atoms with van der Waals surface area (Å²) in [4.78, 5) is 14.7. The maximum absolute atomic E-state index is 14.7. The lowest BCUT2D eigenvalue weighted by Gasteiger charge is -2.62. The summed E-state index contributed by atoms with van der Waals surface area (Å²) in [5.74, 6) is -1.07. The Hall–Kier alpha value is -1.83. The van der Waals surface area contributed by atoms with Crippen molar-refractivity contribution in [1.29, 1.82) is 0 Å². The third-order valence-corrected chi connectivity index (χ3v) is 13.3. The average Bonchev–Trinajstić information content (AvgIpc) is 3.45. The average molecular weight is 649 g/mol. The minimum absolute atomic E-state index is 0.0233. The molecule has 2 saturated carbocycles. The van der Waals surface area contributed by atoms with Crippen molar-refractivity contribution < 1.29 is 54.8 Å². The molecule has 2 heterocycles. The van der Waals surface area contributed by atoms with E-state index in [1.807, 2.05) is 27.7 Å². The number of hydrogen-bond donors (Lipinski definition) is 7. The number of carbonyl (C=O) groups is 1. The Balaban J connectivity index is 1.38. The van der Waals surface area contributed by atoms with E-state index in [2.05, 4.69) is 6.92 Å². The van der Waals surface area contributed by atoms with Crippen LogP contribution in [0.5, 0.6) is 11.5 Å². The van der Waals surface area contributed by atoms with Gasteiger partial charge in [0.05, 0.1) is 35.4 Å². The first-order valence-corrected chi connectivity index (χ1v) is 16.7. The van der Waals surface area contributed by atoms with Crippen molar-refractivity contribution in [2.45, 2.75) is 147 Å². The second-order valence-electron chi connectivity index (χ2n) is 16.3. The van der Waals surface area contributed by atoms with Crippen molar-refractivity contribution >= 4 is 5.78 Å². The van der Waals surface area contributed by atoms with Gasteiger partial charge in [0.1, 0.15) is 30.2 Å². The van der Waals surface area contributed by atoms with E-state index < -0.39 is 77.3 Å². The number of ether oxygens (including phenoxy) is 3. The van der Waals surface area contributed by atoms with Gasteiger partial charge in [-0.25, -0.2) is 0 Å². The molecule has 2 aliphatic heterocycles. The van der Waals surface area contributed by atoms with Gasteiger partial charge in [0.25, 0.3) is 0 Å². The van der Waals surface area contributed by atoms with Crippen molar-refractivity contribution in [3.8, 4) is 11.5 Å². The van der Waals surface area contributed by atoms with E-state index in [4.69, 9.17) is 14.2 Å². The van der Waals surface area contributed by atoms with Crippen LogP contribution in [0.2, 0.25) is 0 Å². The van der Waals surface area contributed by atoms with Gasteiger partial charge in [-0.05, 0) is 106 Å². The Morgan fingerprint density at radius 1 is 1.02 bits per heavy atom. The molecule has 0 amide bonds. The third kappa shape index (κ3) is 4.56. The molecule has 46 heavy (non-hydrogen) atoms. The molecule has 5 aliphatic rings. The van der Waals surface area contributed by atoms with Gasteiger partial charge in [-0.2, -0.15) is 0 Å². The monoisotopic (exact) mass is 648 g/mol. The molecule has 9 unspecified atom stereocenters. The number of hydrogen-bond acceptors (Lipinski definition) is 11. The van der Waals surface area contributed by atoms with Crippen LogP contribution >= 0.6 is 0 Å². The first-order valence-electron chi connectivity index (χ1n) is 16.7. The number of carbonyl (C=O) groups excluding carboxylic acids is 1. The molecule has 2 saturated heterocycles. The largest absolute Gasteiger partial charge is 0.504 e. The smallest absolute Gasteiger partial charge is 0.229 e. The number of phenolic OH excluding ortho intramolecular Hbond substituents is 1. The summed E-state index contributed by atoms with van der Waals surface area (Å²) in [6, 6.07) is 1.61. The molecule has 0 bridgehead atoms. The zero-order valence-corrected chi connectivity index (χ0v) is 28.0. The summed E-state index contributed by atoms with van der Waals surface area (Å²) in [5, 5.41) is 75.9. The molecule has 4 fully saturated rings. The molecule has 0 spiro atoms. The Morgan fingerprint density at radius 3 is 2.30 bits per heavy atom. The van der Waals surface area contributed by atoms with Crippen LogP contribution in [0.3, 0.4) is 0 Å². The van der Waals surface area contributed by atoms with Crippen molar-refractivity contribution in [2.24, 2.45) is 22.7 Å². The minimum Gasteiger partial charge on any atom is -0.504 e. The van der Waals surface area contributed by atoms with Crippen LogP contribution in [0, 0.1) is 29.6 Å². The predicted octanol–water partition coefficient (Wildman–Crippen LogP) is 1.77. The number of Topliss-reactive ketones (excluding diaryl/α,β-unsaturated/α-hetero) is 1. The highest BCUT2D eigenvalue weighted by molar-refractivity contribution is 5.93. The summed E-state index contributed by atoms with van der Waals surface area (Å²) >= 11 is 0. The maximum atomic E-state index is 14.7. The fourth-order valence-corrected chi connectivity index (χ4v) is 10.6. The number of rotatable bonds is 5. The Kier molecular flexibility index (Phi) is 8.02. The number of benzene rings is 1. The molecular formula is C35H52O11. The molecule has 0 radical (unpaired) electrons. The van der Waals surface area contributed by atoms with Crippen molar-refractivity contribution in [2.75, 3.05) is 6.61 Å². The summed E-state index contributed by atoms with van der Waals surface area (Å²) in [7, 11) is 0. The van der Waals surface area contributed by atoms with Gasteiger partial charge in [0, 0.05) is 12.3 Å².